The molecule has 0 radical (unpaired) electrons. The highest BCUT2D eigenvalue weighted by molar-refractivity contribution is 6.36. The van der Waals surface area contributed by atoms with Gasteiger partial charge in [-0.2, -0.15) is 0 Å². The molecule has 0 aromatic heterocycles. The Kier molecular flexibility index (Phi) is 6.44. The van der Waals surface area contributed by atoms with Crippen LogP contribution in [0.15, 0.2) is 12.1 Å². The molecule has 0 saturated heterocycles. The van der Waals surface area contributed by atoms with E-state index in [0.29, 0.717) is 11.3 Å². The summed E-state index contributed by atoms with van der Waals surface area (Å²) in [6.07, 6.45) is 18.9. The Morgan fingerprint density at radius 3 is 2.00 bits per heavy atom. The third-order valence-corrected chi connectivity index (χ3v) is 10.1. The molecule has 2 N–H and O–H groups in total. The van der Waals surface area contributed by atoms with Crippen molar-refractivity contribution in [3.63, 3.8) is 0 Å². The first-order valence-electron chi connectivity index (χ1n) is 12.7. The maximum absolute atomic E-state index is 6.93. The van der Waals surface area contributed by atoms with Crippen LogP contribution in [0.25, 0.3) is 0 Å². The van der Waals surface area contributed by atoms with Gasteiger partial charge in [-0.25, -0.2) is 0 Å². The van der Waals surface area contributed by atoms with Crippen molar-refractivity contribution in [2.24, 2.45) is 34.8 Å². The van der Waals surface area contributed by atoms with Gasteiger partial charge in [0.05, 0.1) is 0 Å². The zero-order chi connectivity index (χ0) is 20.7. The normalized spacial score (nSPS) is 34.4. The van der Waals surface area contributed by atoms with E-state index >= 15 is 0 Å². The van der Waals surface area contributed by atoms with E-state index in [2.05, 4.69) is 12.1 Å². The molecule has 0 atom stereocenters. The third kappa shape index (κ3) is 4.20. The van der Waals surface area contributed by atoms with E-state index in [9.17, 15) is 0 Å². The lowest BCUT2D eigenvalue weighted by Gasteiger charge is -2.55. The van der Waals surface area contributed by atoms with Gasteiger partial charge in [-0.3, -0.25) is 0 Å². The Morgan fingerprint density at radius 1 is 0.833 bits per heavy atom. The molecule has 0 aliphatic heterocycles. The highest BCUT2D eigenvalue weighted by Crippen LogP contribution is 2.61. The maximum atomic E-state index is 6.93. The van der Waals surface area contributed by atoms with Crippen LogP contribution in [0, 0.1) is 29.1 Å². The summed E-state index contributed by atoms with van der Waals surface area (Å²) in [6.45, 7) is 0.831. The van der Waals surface area contributed by atoms with Crippen molar-refractivity contribution in [2.75, 3.05) is 6.54 Å². The summed E-state index contributed by atoms with van der Waals surface area (Å²) in [6, 6.07) is 4.51. The van der Waals surface area contributed by atoms with Gasteiger partial charge in [0.25, 0.3) is 0 Å². The van der Waals surface area contributed by atoms with Gasteiger partial charge < -0.3 is 5.73 Å². The molecule has 5 aliphatic rings. The second kappa shape index (κ2) is 8.95. The van der Waals surface area contributed by atoms with Crippen LogP contribution in [-0.2, 0) is 6.42 Å². The van der Waals surface area contributed by atoms with Gasteiger partial charge >= 0.3 is 0 Å². The van der Waals surface area contributed by atoms with Crippen LogP contribution in [0.3, 0.4) is 0 Å². The first kappa shape index (κ1) is 21.6. The lowest BCUT2D eigenvalue weighted by atomic mass is 9.50. The standard InChI is InChI=1S/C27H39Cl2N/c28-23-16-18(5-4-8-27(9-10-30)6-2-1-3-7-27)17-24(29)26(23)25-21-12-19-11-20(14-21)15-22(25)13-19/h16-17,19-22,25H,1-15,30H2. The number of aryl methyl sites for hydroxylation is 1. The molecule has 3 heteroatoms. The molecular formula is C27H39Cl2N. The topological polar surface area (TPSA) is 26.0 Å². The fraction of sp³-hybridized carbons (Fsp3) is 0.778. The summed E-state index contributed by atoms with van der Waals surface area (Å²) in [7, 11) is 0. The molecule has 166 valence electrons. The minimum absolute atomic E-state index is 0.501. The summed E-state index contributed by atoms with van der Waals surface area (Å²) in [5, 5.41) is 1.90. The molecule has 1 aromatic carbocycles. The zero-order valence-corrected chi connectivity index (χ0v) is 20.0. The Bertz CT molecular complexity index is 695. The first-order chi connectivity index (χ1) is 14.6. The van der Waals surface area contributed by atoms with E-state index in [1.54, 1.807) is 0 Å². The minimum atomic E-state index is 0.501. The molecule has 5 fully saturated rings. The van der Waals surface area contributed by atoms with E-state index in [1.165, 1.54) is 94.6 Å². The number of hydrogen-bond donors (Lipinski definition) is 1. The van der Waals surface area contributed by atoms with Gasteiger partial charge in [-0.1, -0.05) is 42.5 Å². The third-order valence-electron chi connectivity index (χ3n) is 9.46. The molecule has 6 rings (SSSR count). The summed E-state index contributed by atoms with van der Waals surface area (Å²) < 4.78 is 0. The Morgan fingerprint density at radius 2 is 1.43 bits per heavy atom. The highest BCUT2D eigenvalue weighted by atomic mass is 35.5. The molecule has 0 unspecified atom stereocenters. The van der Waals surface area contributed by atoms with Crippen LogP contribution in [0.4, 0.5) is 0 Å². The number of halogens is 2. The highest BCUT2D eigenvalue weighted by Gasteiger charge is 2.49. The van der Waals surface area contributed by atoms with Crippen molar-refractivity contribution in [1.82, 2.24) is 0 Å². The monoisotopic (exact) mass is 447 g/mol. The van der Waals surface area contributed by atoms with E-state index in [0.717, 1.165) is 46.7 Å². The lowest BCUT2D eigenvalue weighted by Crippen LogP contribution is -2.43. The van der Waals surface area contributed by atoms with Crippen LogP contribution >= 0.6 is 23.2 Å². The Hall–Kier alpha value is -0.240. The summed E-state index contributed by atoms with van der Waals surface area (Å²) in [5.41, 5.74) is 9.09. The van der Waals surface area contributed by atoms with Gasteiger partial charge in [-0.05, 0) is 135 Å². The average Bonchev–Trinajstić information content (AvgIpc) is 2.70. The van der Waals surface area contributed by atoms with E-state index in [-0.39, 0.29) is 0 Å². The van der Waals surface area contributed by atoms with Gasteiger partial charge in [0.15, 0.2) is 0 Å². The SMILES string of the molecule is NCCC1(CCCc2cc(Cl)c(C3C4CC5CC(C4)CC3C5)c(Cl)c2)CCCCC1. The molecule has 0 amide bonds. The predicted octanol–water partition coefficient (Wildman–Crippen LogP) is 8.16. The maximum Gasteiger partial charge on any atom is 0.0458 e. The van der Waals surface area contributed by atoms with Crippen molar-refractivity contribution in [3.8, 4) is 0 Å². The molecule has 0 heterocycles. The number of benzene rings is 1. The Labute approximate surface area is 193 Å². The van der Waals surface area contributed by atoms with Gasteiger partial charge in [-0.15, -0.1) is 0 Å². The average molecular weight is 449 g/mol. The number of rotatable bonds is 7. The summed E-state index contributed by atoms with van der Waals surface area (Å²) >= 11 is 13.9. The van der Waals surface area contributed by atoms with Crippen molar-refractivity contribution >= 4 is 23.2 Å². The van der Waals surface area contributed by atoms with Crippen LogP contribution in [0.2, 0.25) is 10.0 Å². The smallest absolute Gasteiger partial charge is 0.0458 e. The second-order valence-corrected chi connectivity index (χ2v) is 12.2. The fourth-order valence-electron chi connectivity index (χ4n) is 8.40. The van der Waals surface area contributed by atoms with Crippen LogP contribution in [-0.4, -0.2) is 6.54 Å². The molecule has 4 bridgehead atoms. The van der Waals surface area contributed by atoms with Gasteiger partial charge in [0.1, 0.15) is 0 Å². The Balaban J connectivity index is 1.27. The number of hydrogen-bond acceptors (Lipinski definition) is 1. The molecule has 30 heavy (non-hydrogen) atoms. The predicted molar refractivity (Wildman–Crippen MR) is 128 cm³/mol. The quantitative estimate of drug-likeness (QED) is 0.447. The van der Waals surface area contributed by atoms with Crippen LogP contribution < -0.4 is 5.73 Å². The molecule has 5 aliphatic carbocycles. The van der Waals surface area contributed by atoms with E-state index in [1.807, 2.05) is 0 Å². The lowest BCUT2D eigenvalue weighted by molar-refractivity contribution is -0.00272. The van der Waals surface area contributed by atoms with E-state index < -0.39 is 0 Å². The van der Waals surface area contributed by atoms with Crippen molar-refractivity contribution < 1.29 is 0 Å². The van der Waals surface area contributed by atoms with Crippen molar-refractivity contribution in [3.05, 3.63) is 33.3 Å². The molecule has 5 saturated carbocycles. The molecular weight excluding hydrogens is 409 g/mol. The van der Waals surface area contributed by atoms with Gasteiger partial charge in [0, 0.05) is 10.0 Å². The van der Waals surface area contributed by atoms with E-state index in [4.69, 9.17) is 28.9 Å². The molecule has 0 spiro atoms. The molecule has 1 aromatic rings. The van der Waals surface area contributed by atoms with Crippen LogP contribution in [0.5, 0.6) is 0 Å². The summed E-state index contributed by atoms with van der Waals surface area (Å²) in [4.78, 5) is 0. The largest absolute Gasteiger partial charge is 0.330 e. The van der Waals surface area contributed by atoms with Crippen molar-refractivity contribution in [1.29, 1.82) is 0 Å². The minimum Gasteiger partial charge on any atom is -0.330 e. The zero-order valence-electron chi connectivity index (χ0n) is 18.5. The van der Waals surface area contributed by atoms with Crippen molar-refractivity contribution in [2.45, 2.75) is 95.8 Å². The fourth-order valence-corrected chi connectivity index (χ4v) is 9.18. The second-order valence-electron chi connectivity index (χ2n) is 11.4. The summed E-state index contributed by atoms with van der Waals surface area (Å²) in [5.74, 6) is 4.23. The van der Waals surface area contributed by atoms with Crippen LogP contribution in [0.1, 0.15) is 101 Å². The van der Waals surface area contributed by atoms with Gasteiger partial charge in [0.2, 0.25) is 0 Å². The number of nitrogens with two attached hydrogens (primary N) is 1. The molecule has 1 nitrogen and oxygen atoms in total. The first-order valence-corrected chi connectivity index (χ1v) is 13.5.